The molecule has 0 aliphatic carbocycles. The van der Waals surface area contributed by atoms with Gasteiger partial charge >= 0.3 is 13.5 Å². The van der Waals surface area contributed by atoms with E-state index >= 15 is 0 Å². The van der Waals surface area contributed by atoms with Crippen LogP contribution >= 0.6 is 7.82 Å². The molecule has 1 unspecified atom stereocenters. The minimum absolute atomic E-state index is 0.345. The molecular weight excluding hydrogens is 305 g/mol. The number of phosphoric ester groups is 1. The number of aromatic nitrogens is 2. The van der Waals surface area contributed by atoms with Crippen molar-refractivity contribution in [1.29, 1.82) is 0 Å². The van der Waals surface area contributed by atoms with Crippen molar-refractivity contribution in [3.8, 4) is 0 Å². The van der Waals surface area contributed by atoms with E-state index in [0.717, 1.165) is 0 Å². The summed E-state index contributed by atoms with van der Waals surface area (Å²) in [5.74, 6) is 0. The van der Waals surface area contributed by atoms with Gasteiger partial charge in [0, 0.05) is 11.8 Å². The summed E-state index contributed by atoms with van der Waals surface area (Å²) in [7, 11) is -4.71. The monoisotopic (exact) mass is 321 g/mol. The van der Waals surface area contributed by atoms with Gasteiger partial charge in [0.1, 0.15) is 18.6 Å². The Morgan fingerprint density at radius 1 is 1.52 bits per heavy atom. The maximum absolute atomic E-state index is 11.7. The normalized spacial score (nSPS) is 24.2. The Morgan fingerprint density at radius 2 is 2.19 bits per heavy atom. The zero-order chi connectivity index (χ0) is 15.8. The second-order valence-corrected chi connectivity index (χ2v) is 5.94. The lowest BCUT2D eigenvalue weighted by Gasteiger charge is -2.21. The highest BCUT2D eigenvalue weighted by Crippen LogP contribution is 2.39. The van der Waals surface area contributed by atoms with Crippen LogP contribution in [-0.2, 0) is 13.8 Å². The van der Waals surface area contributed by atoms with Crippen molar-refractivity contribution < 1.29 is 23.6 Å². The fraction of sp³-hybridized carbons (Fsp3) is 0.600. The maximum Gasteiger partial charge on any atom is 0.471 e. The van der Waals surface area contributed by atoms with Crippen molar-refractivity contribution in [3.63, 3.8) is 0 Å². The summed E-state index contributed by atoms with van der Waals surface area (Å²) in [5.41, 5.74) is 4.75. The Hall–Kier alpha value is -1.29. The lowest BCUT2D eigenvalue weighted by atomic mass is 10.2. The van der Waals surface area contributed by atoms with Gasteiger partial charge in [-0.2, -0.15) is 0 Å². The van der Waals surface area contributed by atoms with Gasteiger partial charge in [-0.05, 0) is 19.8 Å². The lowest BCUT2D eigenvalue weighted by Crippen LogP contribution is -2.38. The Balaban J connectivity index is 2.13. The summed E-state index contributed by atoms with van der Waals surface area (Å²) >= 11 is 0. The highest BCUT2D eigenvalue weighted by molar-refractivity contribution is 7.46. The minimum atomic E-state index is -4.71. The number of H-pyrrole nitrogens is 1. The van der Waals surface area contributed by atoms with E-state index in [0.29, 0.717) is 18.4 Å². The Labute approximate surface area is 118 Å². The van der Waals surface area contributed by atoms with Gasteiger partial charge in [0.05, 0.1) is 0 Å². The van der Waals surface area contributed by atoms with E-state index in [1.165, 1.54) is 10.8 Å². The fourth-order valence-corrected chi connectivity index (χ4v) is 2.57. The number of ether oxygens (including phenoxy) is 1. The first-order chi connectivity index (χ1) is 9.67. The highest BCUT2D eigenvalue weighted by atomic mass is 31.2. The van der Waals surface area contributed by atoms with E-state index in [1.54, 1.807) is 6.92 Å². The highest BCUT2D eigenvalue weighted by Gasteiger charge is 2.35. The molecule has 1 aromatic heterocycles. The van der Waals surface area contributed by atoms with Crippen LogP contribution in [0.4, 0.5) is 0 Å². The number of hydrogen-bond acceptors (Lipinski definition) is 6. The summed E-state index contributed by atoms with van der Waals surface area (Å²) < 4.78 is 21.8. The van der Waals surface area contributed by atoms with Gasteiger partial charge in [-0.25, -0.2) is 9.36 Å². The minimum Gasteiger partial charge on any atom is -0.350 e. The van der Waals surface area contributed by atoms with Crippen LogP contribution in [0.1, 0.15) is 24.6 Å². The number of nitrogens with zero attached hydrogens (tertiary/aromatic N) is 1. The molecule has 10 nitrogen and oxygen atoms in total. The van der Waals surface area contributed by atoms with Crippen LogP contribution in [0.5, 0.6) is 0 Å². The quantitative estimate of drug-likeness (QED) is 0.403. The summed E-state index contributed by atoms with van der Waals surface area (Å²) in [5, 5.41) is 0. The van der Waals surface area contributed by atoms with Crippen LogP contribution in [0.15, 0.2) is 15.8 Å². The first kappa shape index (κ1) is 16.1. The largest absolute Gasteiger partial charge is 0.471 e. The van der Waals surface area contributed by atoms with E-state index < -0.39 is 37.6 Å². The van der Waals surface area contributed by atoms with Gasteiger partial charge < -0.3 is 20.3 Å². The Morgan fingerprint density at radius 3 is 2.81 bits per heavy atom. The van der Waals surface area contributed by atoms with Crippen molar-refractivity contribution in [2.24, 2.45) is 5.73 Å². The SMILES string of the molecule is Cc1cn([C@H]2CC[C@@H](C(N)OP(=O)(O)O)O2)c(=O)[nH]c1=O. The van der Waals surface area contributed by atoms with Crippen molar-refractivity contribution >= 4 is 7.82 Å². The van der Waals surface area contributed by atoms with Crippen LogP contribution in [0.25, 0.3) is 0 Å². The average Bonchev–Trinajstić information content (AvgIpc) is 2.81. The second-order valence-electron chi connectivity index (χ2n) is 4.75. The number of aryl methyl sites for hydroxylation is 1. The predicted octanol–water partition coefficient (Wildman–Crippen LogP) is -1.08. The van der Waals surface area contributed by atoms with Crippen molar-refractivity contribution in [1.82, 2.24) is 9.55 Å². The molecular formula is C10H16N3O7P. The molecule has 0 saturated carbocycles. The van der Waals surface area contributed by atoms with E-state index in [2.05, 4.69) is 9.51 Å². The molecule has 1 aliphatic heterocycles. The molecule has 1 saturated heterocycles. The zero-order valence-electron chi connectivity index (χ0n) is 11.1. The third kappa shape index (κ3) is 3.88. The summed E-state index contributed by atoms with van der Waals surface area (Å²) in [6, 6.07) is 0. The van der Waals surface area contributed by atoms with Gasteiger partial charge in [-0.3, -0.25) is 18.9 Å². The molecule has 0 spiro atoms. The van der Waals surface area contributed by atoms with Gasteiger partial charge in [0.25, 0.3) is 5.56 Å². The molecule has 1 aromatic rings. The number of nitrogens with one attached hydrogen (secondary N) is 1. The van der Waals surface area contributed by atoms with Crippen molar-refractivity contribution in [3.05, 3.63) is 32.6 Å². The second kappa shape index (κ2) is 5.84. The first-order valence-electron chi connectivity index (χ1n) is 6.14. The standard InChI is InChI=1S/C10H16N3O7P/c1-5-4-13(10(15)12-9(5)14)7-3-2-6(19-7)8(11)20-21(16,17)18/h4,6-8H,2-3,11H2,1H3,(H,12,14,15)(H2,16,17,18)/t6-,7+,8?/m0/s1. The molecule has 118 valence electrons. The van der Waals surface area contributed by atoms with E-state index in [4.69, 9.17) is 20.3 Å². The zero-order valence-corrected chi connectivity index (χ0v) is 12.0. The van der Waals surface area contributed by atoms with Crippen molar-refractivity contribution in [2.45, 2.75) is 38.3 Å². The molecule has 0 bridgehead atoms. The number of aromatic amines is 1. The predicted molar refractivity (Wildman–Crippen MR) is 70.3 cm³/mol. The van der Waals surface area contributed by atoms with E-state index in [1.807, 2.05) is 0 Å². The first-order valence-corrected chi connectivity index (χ1v) is 7.67. The van der Waals surface area contributed by atoms with Crippen LogP contribution in [-0.4, -0.2) is 31.7 Å². The topological polar surface area (TPSA) is 157 Å². The molecule has 1 aliphatic rings. The number of nitrogens with two attached hydrogens (primary N) is 1. The average molecular weight is 321 g/mol. The van der Waals surface area contributed by atoms with Crippen LogP contribution in [0.3, 0.4) is 0 Å². The molecule has 21 heavy (non-hydrogen) atoms. The smallest absolute Gasteiger partial charge is 0.350 e. The van der Waals surface area contributed by atoms with Crippen LogP contribution < -0.4 is 17.0 Å². The summed E-state index contributed by atoms with van der Waals surface area (Å²) in [6.45, 7) is 1.55. The van der Waals surface area contributed by atoms with E-state index in [-0.39, 0.29) is 0 Å². The fourth-order valence-electron chi connectivity index (χ4n) is 2.12. The van der Waals surface area contributed by atoms with Gasteiger partial charge in [-0.1, -0.05) is 0 Å². The third-order valence-electron chi connectivity index (χ3n) is 3.11. The molecule has 2 rings (SSSR count). The number of hydrogen-bond donors (Lipinski definition) is 4. The van der Waals surface area contributed by atoms with Gasteiger partial charge in [-0.15, -0.1) is 0 Å². The Kier molecular flexibility index (Phi) is 4.47. The Bertz CT molecular complexity index is 678. The molecule has 0 aromatic carbocycles. The summed E-state index contributed by atoms with van der Waals surface area (Å²) in [4.78, 5) is 42.6. The van der Waals surface area contributed by atoms with Crippen LogP contribution in [0.2, 0.25) is 0 Å². The molecule has 2 heterocycles. The van der Waals surface area contributed by atoms with Gasteiger partial charge in [0.2, 0.25) is 0 Å². The van der Waals surface area contributed by atoms with E-state index in [9.17, 15) is 14.2 Å². The van der Waals surface area contributed by atoms with Crippen LogP contribution in [0, 0.1) is 6.92 Å². The third-order valence-corrected chi connectivity index (χ3v) is 3.63. The lowest BCUT2D eigenvalue weighted by molar-refractivity contribution is -0.0567. The molecule has 5 N–H and O–H groups in total. The molecule has 1 fully saturated rings. The van der Waals surface area contributed by atoms with Crippen molar-refractivity contribution in [2.75, 3.05) is 0 Å². The molecule has 0 radical (unpaired) electrons. The molecule has 3 atom stereocenters. The number of phosphoric acid groups is 1. The molecule has 0 amide bonds. The maximum atomic E-state index is 11.7. The summed E-state index contributed by atoms with van der Waals surface area (Å²) in [6.07, 6.45) is -0.629. The number of rotatable bonds is 4. The van der Waals surface area contributed by atoms with Gasteiger partial charge in [0.15, 0.2) is 0 Å². The molecule has 11 heteroatoms.